The lowest BCUT2D eigenvalue weighted by Gasteiger charge is -2.52. The number of aliphatic hydroxyl groups excluding tert-OH is 17. The summed E-state index contributed by atoms with van der Waals surface area (Å²) in [5, 5.41) is 199. The molecule has 6 aliphatic rings. The summed E-state index contributed by atoms with van der Waals surface area (Å²) in [6.45, 7) is 2.24. The molecule has 32 atom stereocenters. The molecule has 35 heteroatoms. The lowest BCUT2D eigenvalue weighted by Crippen LogP contribution is -2.71. The number of unbranched alkanes of at least 4 members (excludes halogenated alkanes) is 27. The summed E-state index contributed by atoms with van der Waals surface area (Å²) in [7, 11) is 0. The number of carbonyl (C=O) groups excluding carboxylic acids is 3. The maximum Gasteiger partial charge on any atom is 0.220 e. The van der Waals surface area contributed by atoms with Gasteiger partial charge in [-0.25, -0.2) is 0 Å². The summed E-state index contributed by atoms with van der Waals surface area (Å²) >= 11 is 0. The number of amides is 3. The van der Waals surface area contributed by atoms with Crippen LogP contribution >= 0.6 is 0 Å². The third-order valence-electron chi connectivity index (χ3n) is 22.2. The molecule has 3 amide bonds. The molecule has 0 aromatic rings. The van der Waals surface area contributed by atoms with Gasteiger partial charge in [0.1, 0.15) is 140 Å². The molecule has 6 fully saturated rings. The van der Waals surface area contributed by atoms with E-state index in [1.165, 1.54) is 129 Å². The molecular weight excluding hydrogens is 1490 g/mol. The molecule has 6 saturated heterocycles. The largest absolute Gasteiger partial charge is 0.394 e. The van der Waals surface area contributed by atoms with E-state index in [9.17, 15) is 101 Å². The van der Waals surface area contributed by atoms with E-state index in [1.54, 1.807) is 6.08 Å². The van der Waals surface area contributed by atoms with Crippen LogP contribution in [0.5, 0.6) is 0 Å². The van der Waals surface area contributed by atoms with E-state index in [-0.39, 0.29) is 12.3 Å². The number of ether oxygens (including phenoxy) is 12. The van der Waals surface area contributed by atoms with Crippen molar-refractivity contribution in [1.29, 1.82) is 0 Å². The van der Waals surface area contributed by atoms with Gasteiger partial charge in [-0.3, -0.25) is 14.4 Å². The first-order chi connectivity index (χ1) is 54.3. The van der Waals surface area contributed by atoms with Gasteiger partial charge < -0.3 is 160 Å². The molecule has 6 aliphatic heterocycles. The Morgan fingerprint density at radius 1 is 0.363 bits per heavy atom. The van der Waals surface area contributed by atoms with Crippen molar-refractivity contribution < 1.29 is 158 Å². The van der Waals surface area contributed by atoms with Gasteiger partial charge in [0, 0.05) is 20.3 Å². The molecule has 20 N–H and O–H groups in total. The smallest absolute Gasteiger partial charge is 0.220 e. The maximum absolute atomic E-state index is 13.6. The van der Waals surface area contributed by atoms with Gasteiger partial charge in [-0.2, -0.15) is 0 Å². The molecule has 113 heavy (non-hydrogen) atoms. The third-order valence-corrected chi connectivity index (χ3v) is 22.2. The van der Waals surface area contributed by atoms with E-state index in [2.05, 4.69) is 29.8 Å². The monoisotopic (exact) mass is 1630 g/mol. The zero-order chi connectivity index (χ0) is 82.7. The molecule has 0 bridgehead atoms. The highest BCUT2D eigenvalue weighted by Gasteiger charge is 2.59. The predicted molar refractivity (Wildman–Crippen MR) is 402 cm³/mol. The molecule has 660 valence electrons. The number of carbonyl (C=O) groups is 3. The van der Waals surface area contributed by atoms with E-state index in [1.807, 2.05) is 6.08 Å². The predicted octanol–water partition coefficient (Wildman–Crippen LogP) is -0.616. The highest BCUT2D eigenvalue weighted by Crippen LogP contribution is 2.39. The van der Waals surface area contributed by atoms with Crippen molar-refractivity contribution in [2.24, 2.45) is 0 Å². The molecule has 6 heterocycles. The molecule has 0 aliphatic carbocycles. The van der Waals surface area contributed by atoms with Crippen molar-refractivity contribution >= 4 is 17.7 Å². The number of nitrogens with one attached hydrogen (secondary N) is 3. The van der Waals surface area contributed by atoms with Gasteiger partial charge in [0.25, 0.3) is 0 Å². The van der Waals surface area contributed by atoms with Crippen LogP contribution in [-0.4, -0.2) is 340 Å². The van der Waals surface area contributed by atoms with Gasteiger partial charge in [0.05, 0.1) is 57.9 Å². The highest BCUT2D eigenvalue weighted by atomic mass is 16.8. The first-order valence-electron chi connectivity index (χ1n) is 41.8. The Labute approximate surface area is 664 Å². The molecule has 0 aromatic heterocycles. The SMILES string of the molecule is CCCCCCCCCCCCC/C=C/[C@@H](O)[C@H](CO[C@@H]1OC(CO)[C@@H](O[C@@H]2OC(CO)[C@H](O)[C@H](O[C@@H]3OC(CO)[C@@H](O[C@H]4OC(C)[C@@H](O)C(O)[C@@H]4O)[C@H](O[C@@H]4OC(CO)[C@H](O)[C@H](O[C@@H]5OC(CO)[C@@H](O)[C@H](O)C5NC(C)=O)C4O)C3NC(C)=O)C2O)[C@H](O)C1O)NC(=O)CCCCCCCCCCCCCCCCCCC. The zero-order valence-electron chi connectivity index (χ0n) is 66.8. The Morgan fingerprint density at radius 2 is 0.726 bits per heavy atom. The maximum atomic E-state index is 13.6. The van der Waals surface area contributed by atoms with Crippen LogP contribution in [0.1, 0.15) is 227 Å². The van der Waals surface area contributed by atoms with Gasteiger partial charge in [0.2, 0.25) is 17.7 Å². The van der Waals surface area contributed by atoms with Crippen molar-refractivity contribution in [3.05, 3.63) is 12.2 Å². The minimum atomic E-state index is -2.29. The normalized spacial score (nSPS) is 37.0. The number of hydrogen-bond donors (Lipinski definition) is 20. The van der Waals surface area contributed by atoms with Gasteiger partial charge in [-0.05, 0) is 26.2 Å². The average Bonchev–Trinajstić information content (AvgIpc) is 0.760. The average molecular weight is 1630 g/mol. The van der Waals surface area contributed by atoms with Crippen LogP contribution in [0.3, 0.4) is 0 Å². The van der Waals surface area contributed by atoms with E-state index in [0.29, 0.717) is 12.8 Å². The van der Waals surface area contributed by atoms with Crippen LogP contribution in [0, 0.1) is 0 Å². The zero-order valence-corrected chi connectivity index (χ0v) is 66.8. The highest BCUT2D eigenvalue weighted by molar-refractivity contribution is 5.76. The molecule has 0 spiro atoms. The lowest BCUT2D eigenvalue weighted by molar-refractivity contribution is -0.395. The second-order valence-electron chi connectivity index (χ2n) is 31.3. The van der Waals surface area contributed by atoms with Gasteiger partial charge in [-0.1, -0.05) is 193 Å². The Bertz CT molecular complexity index is 2620. The molecule has 0 saturated carbocycles. The molecular formula is C78H141N3O32. The van der Waals surface area contributed by atoms with Gasteiger partial charge >= 0.3 is 0 Å². The van der Waals surface area contributed by atoms with Crippen molar-refractivity contribution in [1.82, 2.24) is 16.0 Å². The first kappa shape index (κ1) is 98.8. The van der Waals surface area contributed by atoms with E-state index < -0.39 is 248 Å². The van der Waals surface area contributed by atoms with E-state index in [0.717, 1.165) is 65.2 Å². The van der Waals surface area contributed by atoms with Crippen molar-refractivity contribution in [2.75, 3.05) is 39.6 Å². The lowest BCUT2D eigenvalue weighted by atomic mass is 9.93. The summed E-state index contributed by atoms with van der Waals surface area (Å²) in [5.74, 6) is -2.05. The number of hydrogen-bond acceptors (Lipinski definition) is 32. The van der Waals surface area contributed by atoms with Crippen molar-refractivity contribution in [3.8, 4) is 0 Å². The summed E-state index contributed by atoms with van der Waals surface area (Å²) < 4.78 is 72.5. The standard InChI is InChI=1S/C78H141N3O32/c1-6-8-10-12-14-16-18-20-21-22-23-25-27-29-31-33-35-37-54(90)81-47(48(89)36-34-32-30-28-26-24-19-17-15-13-11-9-7-2)43-102-75-65(99)63(97)68(52(41-85)108-75)109-77-66(100)72(60(94)50(39-83)105-77)113-74-56(80-46(5)88)70(69(53(42-86)107-74)110-76-64(98)62(96)57(91)44(3)103-76)111-78-67(101)71(59(93)51(40-84)106-78)112-73-55(79-45(4)87)61(95)58(92)49(38-82)104-73/h34,36,44,47-53,55-78,82-86,89,91-101H,6-33,35,37-43H2,1-5H3,(H,79,87)(H,80,88)(H,81,90)/b36-34+/t44?,47-,48+,49?,50?,51?,52?,53?,55?,56?,57+,58+,59-,60-,61+,62?,63+,64-,65?,66?,67?,68+,69+,70+,71-,72-,73-,74-,75+,76+,77-,78-/m0/s1. The fraction of sp³-hybridized carbons (Fsp3) is 0.936. The van der Waals surface area contributed by atoms with Crippen LogP contribution in [0.25, 0.3) is 0 Å². The summed E-state index contributed by atoms with van der Waals surface area (Å²) in [6.07, 6.45) is -18.2. The molecule has 35 nitrogen and oxygen atoms in total. The van der Waals surface area contributed by atoms with Crippen LogP contribution in [0.2, 0.25) is 0 Å². The van der Waals surface area contributed by atoms with E-state index in [4.69, 9.17) is 56.8 Å². The minimum absolute atomic E-state index is 0.166. The summed E-state index contributed by atoms with van der Waals surface area (Å²) in [4.78, 5) is 39.5. The molecule has 12 unspecified atom stereocenters. The molecule has 0 aromatic carbocycles. The van der Waals surface area contributed by atoms with Crippen LogP contribution in [-0.2, 0) is 71.2 Å². The minimum Gasteiger partial charge on any atom is -0.394 e. The van der Waals surface area contributed by atoms with Crippen LogP contribution in [0.4, 0.5) is 0 Å². The number of rotatable bonds is 53. The summed E-state index contributed by atoms with van der Waals surface area (Å²) in [6, 6.07) is -4.67. The van der Waals surface area contributed by atoms with E-state index >= 15 is 0 Å². The van der Waals surface area contributed by atoms with Gasteiger partial charge in [-0.15, -0.1) is 0 Å². The number of allylic oxidation sites excluding steroid dienone is 1. The van der Waals surface area contributed by atoms with Crippen molar-refractivity contribution in [2.45, 2.75) is 424 Å². The fourth-order valence-electron chi connectivity index (χ4n) is 15.4. The second kappa shape index (κ2) is 52.9. The van der Waals surface area contributed by atoms with Crippen molar-refractivity contribution in [3.63, 3.8) is 0 Å². The second-order valence-corrected chi connectivity index (χ2v) is 31.3. The Morgan fingerprint density at radius 3 is 1.19 bits per heavy atom. The topological polar surface area (TPSA) is 542 Å². The quantitative estimate of drug-likeness (QED) is 0.0267. The van der Waals surface area contributed by atoms with Gasteiger partial charge in [0.15, 0.2) is 37.7 Å². The third kappa shape index (κ3) is 30.6. The Hall–Kier alpha value is -3.01. The molecule has 0 radical (unpaired) electrons. The fourth-order valence-corrected chi connectivity index (χ4v) is 15.4. The first-order valence-corrected chi connectivity index (χ1v) is 41.8. The summed E-state index contributed by atoms with van der Waals surface area (Å²) in [5.41, 5.74) is 0. The molecule has 6 rings (SSSR count). The van der Waals surface area contributed by atoms with Crippen LogP contribution in [0.15, 0.2) is 12.2 Å². The number of aliphatic hydroxyl groups is 17. The van der Waals surface area contributed by atoms with Crippen LogP contribution < -0.4 is 16.0 Å². The Kier molecular flexibility index (Phi) is 46.3. The Balaban J connectivity index is 1.17.